The molecule has 2 heteroatoms. The first-order valence-corrected chi connectivity index (χ1v) is 7.29. The molecule has 19 heavy (non-hydrogen) atoms. The summed E-state index contributed by atoms with van der Waals surface area (Å²) in [7, 11) is 0. The Hall–Kier alpha value is -0.990. The van der Waals surface area contributed by atoms with Crippen LogP contribution in [-0.2, 0) is 10.3 Å². The van der Waals surface area contributed by atoms with E-state index in [9.17, 15) is 0 Å². The minimum absolute atomic E-state index is 0.245. The van der Waals surface area contributed by atoms with Crippen molar-refractivity contribution < 1.29 is 4.74 Å². The molecular weight excluding hydrogens is 252 g/mol. The Morgan fingerprint density at radius 2 is 1.74 bits per heavy atom. The van der Waals surface area contributed by atoms with E-state index < -0.39 is 0 Å². The molecule has 0 N–H and O–H groups in total. The van der Waals surface area contributed by atoms with Gasteiger partial charge in [0.25, 0.3) is 0 Å². The monoisotopic (exact) mass is 274 g/mol. The lowest BCUT2D eigenvalue weighted by Crippen LogP contribution is -2.27. The summed E-state index contributed by atoms with van der Waals surface area (Å²) >= 11 is 4.64. The Morgan fingerprint density at radius 1 is 1.16 bits per heavy atom. The molecule has 0 aliphatic rings. The molecule has 0 radical (unpaired) electrons. The molecule has 0 saturated carbocycles. The smallest absolute Gasteiger partial charge is 0.0889 e. The molecule has 2 aromatic carbocycles. The first kappa shape index (κ1) is 14.4. The summed E-state index contributed by atoms with van der Waals surface area (Å²) in [6, 6.07) is 12.7. The van der Waals surface area contributed by atoms with Gasteiger partial charge in [0.05, 0.1) is 11.7 Å². The molecule has 1 nitrogen and oxygen atoms in total. The van der Waals surface area contributed by atoms with Crippen LogP contribution in [0.2, 0.25) is 0 Å². The van der Waals surface area contributed by atoms with Crippen LogP contribution >= 0.6 is 12.6 Å². The van der Waals surface area contributed by atoms with E-state index >= 15 is 0 Å². The zero-order valence-electron chi connectivity index (χ0n) is 12.1. The quantitative estimate of drug-likeness (QED) is 0.756. The molecule has 0 spiro atoms. The van der Waals surface area contributed by atoms with Crippen LogP contribution in [0.25, 0.3) is 10.8 Å². The van der Waals surface area contributed by atoms with Crippen molar-refractivity contribution in [1.82, 2.24) is 0 Å². The van der Waals surface area contributed by atoms with Crippen molar-refractivity contribution in [2.24, 2.45) is 0 Å². The summed E-state index contributed by atoms with van der Waals surface area (Å²) in [5.41, 5.74) is 0.825. The van der Waals surface area contributed by atoms with Crippen molar-refractivity contribution in [2.75, 3.05) is 0 Å². The average molecular weight is 274 g/mol. The molecule has 2 aromatic rings. The fourth-order valence-corrected chi connectivity index (χ4v) is 2.83. The van der Waals surface area contributed by atoms with E-state index in [-0.39, 0.29) is 11.7 Å². The van der Waals surface area contributed by atoms with Crippen molar-refractivity contribution in [2.45, 2.75) is 50.7 Å². The second-order valence-corrected chi connectivity index (χ2v) is 6.05. The van der Waals surface area contributed by atoms with Crippen LogP contribution in [0.5, 0.6) is 0 Å². The zero-order valence-corrected chi connectivity index (χ0v) is 13.0. The third kappa shape index (κ3) is 3.13. The number of fused-ring (bicyclic) bond motifs is 1. The minimum Gasteiger partial charge on any atom is -0.368 e. The number of hydrogen-bond donors (Lipinski definition) is 1. The van der Waals surface area contributed by atoms with Gasteiger partial charge in [-0.25, -0.2) is 0 Å². The second-order valence-electron chi connectivity index (χ2n) is 5.56. The first-order valence-electron chi connectivity index (χ1n) is 6.84. The van der Waals surface area contributed by atoms with E-state index in [2.05, 4.69) is 76.7 Å². The van der Waals surface area contributed by atoms with E-state index in [4.69, 9.17) is 4.74 Å². The van der Waals surface area contributed by atoms with Crippen LogP contribution in [0, 0.1) is 0 Å². The van der Waals surface area contributed by atoms with Gasteiger partial charge in [-0.1, -0.05) is 31.2 Å². The first-order chi connectivity index (χ1) is 8.94. The Balaban J connectivity index is 2.46. The third-order valence-corrected chi connectivity index (χ3v) is 3.95. The Morgan fingerprint density at radius 3 is 2.32 bits per heavy atom. The SMILES string of the molecule is CCC(C)OC(C)(C)c1cc2ccccc2cc1S. The highest BCUT2D eigenvalue weighted by molar-refractivity contribution is 7.80. The van der Waals surface area contributed by atoms with E-state index in [1.807, 2.05) is 0 Å². The van der Waals surface area contributed by atoms with Crippen LogP contribution in [0.3, 0.4) is 0 Å². The standard InChI is InChI=1S/C17H22OS/c1-5-12(2)18-17(3,4)15-10-13-8-6-7-9-14(13)11-16(15)19/h6-12,19H,5H2,1-4H3. The lowest BCUT2D eigenvalue weighted by atomic mass is 9.94. The molecule has 0 aliphatic heterocycles. The zero-order chi connectivity index (χ0) is 14.0. The van der Waals surface area contributed by atoms with E-state index in [0.29, 0.717) is 0 Å². The van der Waals surface area contributed by atoms with Crippen molar-refractivity contribution >= 4 is 23.4 Å². The fraction of sp³-hybridized carbons (Fsp3) is 0.412. The van der Waals surface area contributed by atoms with Gasteiger partial charge in [0.15, 0.2) is 0 Å². The van der Waals surface area contributed by atoms with Gasteiger partial charge in [-0.2, -0.15) is 0 Å². The van der Waals surface area contributed by atoms with Crippen molar-refractivity contribution in [3.8, 4) is 0 Å². The predicted molar refractivity (Wildman–Crippen MR) is 85.1 cm³/mol. The van der Waals surface area contributed by atoms with Gasteiger partial charge in [0.1, 0.15) is 0 Å². The lowest BCUT2D eigenvalue weighted by molar-refractivity contribution is -0.0706. The summed E-state index contributed by atoms with van der Waals surface area (Å²) in [4.78, 5) is 0.993. The van der Waals surface area contributed by atoms with E-state index in [1.165, 1.54) is 10.8 Å². The Bertz CT molecular complexity index is 574. The normalized spacial score (nSPS) is 13.7. The number of thiol groups is 1. The molecule has 0 bridgehead atoms. The van der Waals surface area contributed by atoms with Crippen LogP contribution < -0.4 is 0 Å². The van der Waals surface area contributed by atoms with Crippen molar-refractivity contribution in [3.63, 3.8) is 0 Å². The van der Waals surface area contributed by atoms with Gasteiger partial charge in [0, 0.05) is 4.90 Å². The number of benzene rings is 2. The van der Waals surface area contributed by atoms with Gasteiger partial charge in [-0.15, -0.1) is 12.6 Å². The van der Waals surface area contributed by atoms with E-state index in [1.54, 1.807) is 0 Å². The number of hydrogen-bond acceptors (Lipinski definition) is 2. The molecule has 2 rings (SSSR count). The number of ether oxygens (including phenoxy) is 1. The van der Waals surface area contributed by atoms with Crippen LogP contribution in [0.15, 0.2) is 41.3 Å². The van der Waals surface area contributed by atoms with Gasteiger partial charge in [-0.3, -0.25) is 0 Å². The highest BCUT2D eigenvalue weighted by Crippen LogP contribution is 2.34. The van der Waals surface area contributed by atoms with Gasteiger partial charge < -0.3 is 4.74 Å². The summed E-state index contributed by atoms with van der Waals surface area (Å²) in [5, 5.41) is 2.45. The predicted octanol–water partition coefficient (Wildman–Crippen LogP) is 5.18. The lowest BCUT2D eigenvalue weighted by Gasteiger charge is -2.30. The Kier molecular flexibility index (Phi) is 4.22. The topological polar surface area (TPSA) is 9.23 Å². The molecule has 1 unspecified atom stereocenters. The average Bonchev–Trinajstić information content (AvgIpc) is 2.37. The second kappa shape index (κ2) is 5.56. The summed E-state index contributed by atoms with van der Waals surface area (Å²) in [5.74, 6) is 0. The molecule has 0 fully saturated rings. The largest absolute Gasteiger partial charge is 0.368 e. The van der Waals surface area contributed by atoms with Crippen LogP contribution in [-0.4, -0.2) is 6.10 Å². The summed E-state index contributed by atoms with van der Waals surface area (Å²) in [6.45, 7) is 8.48. The maximum atomic E-state index is 6.15. The molecule has 0 amide bonds. The summed E-state index contributed by atoms with van der Waals surface area (Å²) in [6.07, 6.45) is 1.26. The van der Waals surface area contributed by atoms with Gasteiger partial charge >= 0.3 is 0 Å². The summed E-state index contributed by atoms with van der Waals surface area (Å²) < 4.78 is 6.15. The molecule has 0 aromatic heterocycles. The molecule has 1 atom stereocenters. The molecule has 0 heterocycles. The fourth-order valence-electron chi connectivity index (χ4n) is 2.36. The van der Waals surface area contributed by atoms with Gasteiger partial charge in [0.2, 0.25) is 0 Å². The molecule has 0 saturated heterocycles. The highest BCUT2D eigenvalue weighted by atomic mass is 32.1. The third-order valence-electron chi connectivity index (χ3n) is 3.58. The van der Waals surface area contributed by atoms with Gasteiger partial charge in [-0.05, 0) is 55.7 Å². The van der Waals surface area contributed by atoms with E-state index in [0.717, 1.165) is 16.9 Å². The number of rotatable bonds is 4. The van der Waals surface area contributed by atoms with Crippen molar-refractivity contribution in [3.05, 3.63) is 42.0 Å². The molecular formula is C17H22OS. The molecule has 102 valence electrons. The van der Waals surface area contributed by atoms with Crippen LogP contribution in [0.4, 0.5) is 0 Å². The highest BCUT2D eigenvalue weighted by Gasteiger charge is 2.26. The maximum absolute atomic E-state index is 6.15. The van der Waals surface area contributed by atoms with Crippen LogP contribution in [0.1, 0.15) is 39.7 Å². The maximum Gasteiger partial charge on any atom is 0.0889 e. The molecule has 0 aliphatic carbocycles. The minimum atomic E-state index is -0.323. The van der Waals surface area contributed by atoms with Crippen molar-refractivity contribution in [1.29, 1.82) is 0 Å². The Labute approximate surface area is 121 Å².